The van der Waals surface area contributed by atoms with Crippen molar-refractivity contribution in [3.63, 3.8) is 0 Å². The molecule has 1 saturated heterocycles. The molecule has 0 unspecified atom stereocenters. The Kier molecular flexibility index (Phi) is 5.07. The predicted molar refractivity (Wildman–Crippen MR) is 102 cm³/mol. The van der Waals surface area contributed by atoms with E-state index < -0.39 is 0 Å². The van der Waals surface area contributed by atoms with E-state index in [2.05, 4.69) is 10.6 Å². The number of carbonyl (C=O) groups is 2. The zero-order chi connectivity index (χ0) is 18.6. The fraction of sp³-hybridized carbons (Fsp3) is 0.333. The van der Waals surface area contributed by atoms with E-state index in [1.54, 1.807) is 29.2 Å². The Morgan fingerprint density at radius 3 is 2.37 bits per heavy atom. The van der Waals surface area contributed by atoms with Gasteiger partial charge in [0.2, 0.25) is 0 Å². The number of fused-ring (bicyclic) bond motifs is 1. The van der Waals surface area contributed by atoms with Crippen molar-refractivity contribution in [1.29, 1.82) is 0 Å². The van der Waals surface area contributed by atoms with Crippen LogP contribution in [0.25, 0.3) is 0 Å². The molecule has 0 radical (unpaired) electrons. The van der Waals surface area contributed by atoms with Crippen molar-refractivity contribution < 1.29 is 14.3 Å². The van der Waals surface area contributed by atoms with Crippen LogP contribution in [0.5, 0.6) is 0 Å². The molecule has 3 amide bonds. The second-order valence-electron chi connectivity index (χ2n) is 6.98. The van der Waals surface area contributed by atoms with Crippen LogP contribution in [0.3, 0.4) is 0 Å². The second-order valence-corrected chi connectivity index (χ2v) is 6.98. The van der Waals surface area contributed by atoms with Gasteiger partial charge >= 0.3 is 6.03 Å². The quantitative estimate of drug-likeness (QED) is 0.874. The van der Waals surface area contributed by atoms with Gasteiger partial charge in [0, 0.05) is 37.5 Å². The lowest BCUT2D eigenvalue weighted by Gasteiger charge is -2.16. The molecule has 27 heavy (non-hydrogen) atoms. The van der Waals surface area contributed by atoms with Gasteiger partial charge in [-0.25, -0.2) is 4.79 Å². The minimum Gasteiger partial charge on any atom is -0.376 e. The van der Waals surface area contributed by atoms with E-state index in [9.17, 15) is 9.59 Å². The lowest BCUT2D eigenvalue weighted by atomic mass is 10.1. The number of nitrogens with one attached hydrogen (secondary N) is 2. The van der Waals surface area contributed by atoms with Gasteiger partial charge in [-0.3, -0.25) is 4.79 Å². The third-order valence-corrected chi connectivity index (χ3v) is 5.04. The number of amides is 3. The van der Waals surface area contributed by atoms with Crippen LogP contribution in [0, 0.1) is 0 Å². The molecule has 2 heterocycles. The average molecular weight is 365 g/mol. The molecule has 1 fully saturated rings. The number of anilines is 1. The summed E-state index contributed by atoms with van der Waals surface area (Å²) in [6, 6.07) is 14.9. The summed E-state index contributed by atoms with van der Waals surface area (Å²) in [7, 11) is 0. The highest BCUT2D eigenvalue weighted by Gasteiger charge is 2.23. The van der Waals surface area contributed by atoms with Crippen LogP contribution in [0.2, 0.25) is 0 Å². The number of ether oxygens (including phenoxy) is 1. The zero-order valence-electron chi connectivity index (χ0n) is 15.1. The Morgan fingerprint density at radius 1 is 1.04 bits per heavy atom. The minimum absolute atomic E-state index is 0.122. The van der Waals surface area contributed by atoms with Crippen molar-refractivity contribution in [2.45, 2.75) is 32.0 Å². The number of urea groups is 1. The molecule has 6 heteroatoms. The third kappa shape index (κ3) is 4.11. The summed E-state index contributed by atoms with van der Waals surface area (Å²) in [4.78, 5) is 26.5. The number of nitrogens with zero attached hydrogens (tertiary/aromatic N) is 1. The summed E-state index contributed by atoms with van der Waals surface area (Å²) >= 11 is 0. The molecule has 2 aliphatic heterocycles. The number of carbonyl (C=O) groups excluding carboxylic acids is 2. The Balaban J connectivity index is 1.30. The summed E-state index contributed by atoms with van der Waals surface area (Å²) in [5.41, 5.74) is 3.61. The first-order valence-electron chi connectivity index (χ1n) is 9.31. The highest BCUT2D eigenvalue weighted by molar-refractivity contribution is 5.95. The first-order valence-corrected chi connectivity index (χ1v) is 9.31. The van der Waals surface area contributed by atoms with Gasteiger partial charge < -0.3 is 20.3 Å². The van der Waals surface area contributed by atoms with Gasteiger partial charge in [0.15, 0.2) is 0 Å². The van der Waals surface area contributed by atoms with Crippen LogP contribution >= 0.6 is 0 Å². The summed E-state index contributed by atoms with van der Waals surface area (Å²) in [6.45, 7) is 2.54. The van der Waals surface area contributed by atoms with E-state index in [0.717, 1.165) is 19.4 Å². The lowest BCUT2D eigenvalue weighted by molar-refractivity contribution is 0.0858. The van der Waals surface area contributed by atoms with Crippen molar-refractivity contribution in [1.82, 2.24) is 10.2 Å². The second kappa shape index (κ2) is 7.80. The first-order chi connectivity index (χ1) is 13.2. The van der Waals surface area contributed by atoms with Gasteiger partial charge in [-0.15, -0.1) is 0 Å². The van der Waals surface area contributed by atoms with Crippen LogP contribution in [0.4, 0.5) is 10.5 Å². The average Bonchev–Trinajstić information content (AvgIpc) is 3.36. The lowest BCUT2D eigenvalue weighted by Crippen LogP contribution is -2.32. The Hall–Kier alpha value is -2.86. The van der Waals surface area contributed by atoms with E-state index in [4.69, 9.17) is 4.74 Å². The standard InChI is InChI=1S/C21H23N3O3/c25-20(22-12-19-6-3-11-27-19)15-7-9-18(10-8-15)23-21(26)24-13-16-4-1-2-5-17(16)14-24/h1-2,4-5,7-10,19H,3,6,11-14H2,(H,22,25)(H,23,26)/t19-/m1/s1. The fourth-order valence-corrected chi connectivity index (χ4v) is 3.50. The van der Waals surface area contributed by atoms with Crippen LogP contribution in [-0.4, -0.2) is 36.1 Å². The third-order valence-electron chi connectivity index (χ3n) is 5.04. The van der Waals surface area contributed by atoms with Crippen molar-refractivity contribution in [3.05, 3.63) is 65.2 Å². The van der Waals surface area contributed by atoms with Crippen molar-refractivity contribution in [3.8, 4) is 0 Å². The Labute approximate surface area is 158 Å². The first kappa shape index (κ1) is 17.5. The normalized spacial score (nSPS) is 18.2. The van der Waals surface area contributed by atoms with Gasteiger partial charge in [-0.1, -0.05) is 24.3 Å². The van der Waals surface area contributed by atoms with Crippen LogP contribution in [-0.2, 0) is 17.8 Å². The predicted octanol–water partition coefficient (Wildman–Crippen LogP) is 3.14. The highest BCUT2D eigenvalue weighted by atomic mass is 16.5. The van der Waals surface area contributed by atoms with E-state index >= 15 is 0 Å². The van der Waals surface area contributed by atoms with Crippen molar-refractivity contribution in [2.75, 3.05) is 18.5 Å². The fourth-order valence-electron chi connectivity index (χ4n) is 3.50. The molecule has 2 aliphatic rings. The van der Waals surface area contributed by atoms with Crippen molar-refractivity contribution in [2.24, 2.45) is 0 Å². The molecule has 0 aromatic heterocycles. The summed E-state index contributed by atoms with van der Waals surface area (Å²) in [5, 5.41) is 5.79. The maximum absolute atomic E-state index is 12.5. The molecule has 1 atom stereocenters. The van der Waals surface area contributed by atoms with Crippen molar-refractivity contribution >= 4 is 17.6 Å². The number of rotatable bonds is 4. The molecule has 0 bridgehead atoms. The van der Waals surface area contributed by atoms with Crippen LogP contribution in [0.15, 0.2) is 48.5 Å². The largest absolute Gasteiger partial charge is 0.376 e. The molecule has 2 aromatic carbocycles. The maximum atomic E-state index is 12.5. The summed E-state index contributed by atoms with van der Waals surface area (Å²) in [6.07, 6.45) is 2.17. The van der Waals surface area contributed by atoms with Gasteiger partial charge in [-0.05, 0) is 48.2 Å². The monoisotopic (exact) mass is 365 g/mol. The molecule has 2 aromatic rings. The highest BCUT2D eigenvalue weighted by Crippen LogP contribution is 2.23. The Morgan fingerprint density at radius 2 is 1.74 bits per heavy atom. The molecule has 4 rings (SSSR count). The van der Waals surface area contributed by atoms with E-state index in [-0.39, 0.29) is 18.0 Å². The molecule has 0 spiro atoms. The molecular formula is C21H23N3O3. The van der Waals surface area contributed by atoms with Gasteiger partial charge in [-0.2, -0.15) is 0 Å². The number of hydrogen-bond acceptors (Lipinski definition) is 3. The number of benzene rings is 2. The van der Waals surface area contributed by atoms with Gasteiger partial charge in [0.05, 0.1) is 6.10 Å². The SMILES string of the molecule is O=C(NC[C@H]1CCCO1)c1ccc(NC(=O)N2Cc3ccccc3C2)cc1. The van der Waals surface area contributed by atoms with Gasteiger partial charge in [0.25, 0.3) is 5.91 Å². The molecular weight excluding hydrogens is 342 g/mol. The van der Waals surface area contributed by atoms with E-state index in [1.807, 2.05) is 24.3 Å². The van der Waals surface area contributed by atoms with Crippen LogP contribution in [0.1, 0.15) is 34.3 Å². The molecule has 0 aliphatic carbocycles. The minimum atomic E-state index is -0.137. The number of hydrogen-bond donors (Lipinski definition) is 2. The van der Waals surface area contributed by atoms with E-state index in [1.165, 1.54) is 11.1 Å². The zero-order valence-corrected chi connectivity index (χ0v) is 15.1. The molecule has 0 saturated carbocycles. The van der Waals surface area contributed by atoms with Crippen LogP contribution < -0.4 is 10.6 Å². The molecule has 2 N–H and O–H groups in total. The topological polar surface area (TPSA) is 70.7 Å². The Bertz CT molecular complexity index is 804. The molecule has 140 valence electrons. The van der Waals surface area contributed by atoms with Gasteiger partial charge in [0.1, 0.15) is 0 Å². The van der Waals surface area contributed by atoms with E-state index in [0.29, 0.717) is 30.9 Å². The molecule has 6 nitrogen and oxygen atoms in total. The smallest absolute Gasteiger partial charge is 0.322 e. The maximum Gasteiger partial charge on any atom is 0.322 e. The summed E-state index contributed by atoms with van der Waals surface area (Å²) in [5.74, 6) is -0.127. The summed E-state index contributed by atoms with van der Waals surface area (Å²) < 4.78 is 5.51.